The maximum Gasteiger partial charge on any atom is 0.269 e. The third-order valence-corrected chi connectivity index (χ3v) is 3.82. The number of hydrogen-bond donors (Lipinski definition) is 1. The molecule has 0 spiro atoms. The van der Waals surface area contributed by atoms with E-state index in [1.165, 1.54) is 12.1 Å². The van der Waals surface area contributed by atoms with Crippen LogP contribution < -0.4 is 5.32 Å². The molecule has 3 rings (SSSR count). The number of rotatable bonds is 2. The first kappa shape index (κ1) is 12.3. The van der Waals surface area contributed by atoms with Gasteiger partial charge in [-0.15, -0.1) is 0 Å². The molecule has 1 N–H and O–H groups in total. The van der Waals surface area contributed by atoms with Crippen LogP contribution in [0.1, 0.15) is 18.1 Å². The Kier molecular flexibility index (Phi) is 2.57. The lowest BCUT2D eigenvalue weighted by molar-refractivity contribution is -0.384. The van der Waals surface area contributed by atoms with Crippen LogP contribution in [0.2, 0.25) is 0 Å². The van der Waals surface area contributed by atoms with E-state index in [9.17, 15) is 14.9 Å². The van der Waals surface area contributed by atoms with Crippen LogP contribution >= 0.6 is 0 Å². The van der Waals surface area contributed by atoms with Gasteiger partial charge in [-0.3, -0.25) is 14.9 Å². The van der Waals surface area contributed by atoms with Gasteiger partial charge in [-0.1, -0.05) is 30.3 Å². The molecule has 0 saturated heterocycles. The molecule has 0 saturated carbocycles. The van der Waals surface area contributed by atoms with Crippen LogP contribution in [0.25, 0.3) is 0 Å². The van der Waals surface area contributed by atoms with Crippen LogP contribution in [0.4, 0.5) is 11.4 Å². The minimum Gasteiger partial charge on any atom is -0.325 e. The Morgan fingerprint density at radius 2 is 1.75 bits per heavy atom. The monoisotopic (exact) mass is 268 g/mol. The molecule has 0 aromatic heterocycles. The predicted octanol–water partition coefficient (Wildman–Crippen LogP) is 2.85. The highest BCUT2D eigenvalue weighted by Gasteiger charge is 2.43. The molecule has 100 valence electrons. The lowest BCUT2D eigenvalue weighted by Crippen LogP contribution is -2.32. The van der Waals surface area contributed by atoms with E-state index in [2.05, 4.69) is 5.32 Å². The molecule has 1 aliphatic rings. The zero-order valence-electron chi connectivity index (χ0n) is 10.8. The Balaban J connectivity index is 2.12. The van der Waals surface area contributed by atoms with E-state index in [4.69, 9.17) is 0 Å². The normalized spacial score (nSPS) is 20.4. The summed E-state index contributed by atoms with van der Waals surface area (Å²) in [6.07, 6.45) is 0. The van der Waals surface area contributed by atoms with Gasteiger partial charge in [0.05, 0.1) is 10.3 Å². The number of hydrogen-bond acceptors (Lipinski definition) is 3. The van der Waals surface area contributed by atoms with Crippen LogP contribution in [0.5, 0.6) is 0 Å². The third kappa shape index (κ3) is 1.60. The summed E-state index contributed by atoms with van der Waals surface area (Å²) in [6.45, 7) is 1.83. The maximum atomic E-state index is 12.3. The van der Waals surface area contributed by atoms with Gasteiger partial charge in [0.25, 0.3) is 5.69 Å². The first-order valence-electron chi connectivity index (χ1n) is 6.19. The molecule has 1 amide bonds. The number of nitrogens with zero attached hydrogens (tertiary/aromatic N) is 1. The first-order chi connectivity index (χ1) is 9.53. The van der Waals surface area contributed by atoms with Crippen molar-refractivity contribution in [3.05, 3.63) is 69.8 Å². The number of para-hydroxylation sites is 1. The van der Waals surface area contributed by atoms with E-state index in [1.54, 1.807) is 12.1 Å². The number of nitro benzene ring substituents is 1. The number of benzene rings is 2. The zero-order valence-corrected chi connectivity index (χ0v) is 10.8. The van der Waals surface area contributed by atoms with Crippen molar-refractivity contribution in [2.24, 2.45) is 0 Å². The smallest absolute Gasteiger partial charge is 0.269 e. The maximum absolute atomic E-state index is 12.3. The van der Waals surface area contributed by atoms with E-state index < -0.39 is 10.3 Å². The van der Waals surface area contributed by atoms with Crippen molar-refractivity contribution in [3.63, 3.8) is 0 Å². The van der Waals surface area contributed by atoms with Crippen LogP contribution in [-0.2, 0) is 10.2 Å². The minimum absolute atomic E-state index is 0.0176. The topological polar surface area (TPSA) is 72.2 Å². The predicted molar refractivity (Wildman–Crippen MR) is 74.6 cm³/mol. The van der Waals surface area contributed by atoms with E-state index in [0.29, 0.717) is 0 Å². The average Bonchev–Trinajstić information content (AvgIpc) is 2.72. The number of non-ortho nitro benzene ring substituents is 1. The van der Waals surface area contributed by atoms with Crippen molar-refractivity contribution < 1.29 is 9.72 Å². The summed E-state index contributed by atoms with van der Waals surface area (Å²) in [7, 11) is 0. The average molecular weight is 268 g/mol. The molecule has 1 atom stereocenters. The largest absolute Gasteiger partial charge is 0.325 e. The first-order valence-corrected chi connectivity index (χ1v) is 6.19. The summed E-state index contributed by atoms with van der Waals surface area (Å²) in [5.74, 6) is -0.118. The number of nitrogens with one attached hydrogen (secondary N) is 1. The van der Waals surface area contributed by atoms with Gasteiger partial charge in [0.15, 0.2) is 0 Å². The highest BCUT2D eigenvalue weighted by atomic mass is 16.6. The van der Waals surface area contributed by atoms with Gasteiger partial charge < -0.3 is 5.32 Å². The summed E-state index contributed by atoms with van der Waals surface area (Å²) < 4.78 is 0. The fourth-order valence-corrected chi connectivity index (χ4v) is 2.60. The fourth-order valence-electron chi connectivity index (χ4n) is 2.60. The molecule has 1 heterocycles. The SMILES string of the molecule is C[C@]1(c2ccc([N+](=O)[O-])cc2)C(=O)Nc2ccccc21. The van der Waals surface area contributed by atoms with E-state index in [-0.39, 0.29) is 11.6 Å². The van der Waals surface area contributed by atoms with Crippen LogP contribution in [0, 0.1) is 10.1 Å². The van der Waals surface area contributed by atoms with Crippen LogP contribution in [0.3, 0.4) is 0 Å². The van der Waals surface area contributed by atoms with Crippen molar-refractivity contribution in [2.45, 2.75) is 12.3 Å². The Bertz CT molecular complexity index is 709. The lowest BCUT2D eigenvalue weighted by Gasteiger charge is -2.22. The summed E-state index contributed by atoms with van der Waals surface area (Å²) in [5.41, 5.74) is 1.62. The molecule has 0 aliphatic carbocycles. The molecule has 2 aromatic rings. The number of amides is 1. The molecule has 0 radical (unpaired) electrons. The fraction of sp³-hybridized carbons (Fsp3) is 0.133. The molecule has 2 aromatic carbocycles. The molecule has 0 fully saturated rings. The molecule has 5 heteroatoms. The highest BCUT2D eigenvalue weighted by Crippen LogP contribution is 2.42. The summed E-state index contributed by atoms with van der Waals surface area (Å²) in [4.78, 5) is 22.6. The molecule has 5 nitrogen and oxygen atoms in total. The van der Waals surface area contributed by atoms with Gasteiger partial charge in [0, 0.05) is 17.8 Å². The number of fused-ring (bicyclic) bond motifs is 1. The summed E-state index contributed by atoms with van der Waals surface area (Å²) in [5, 5.41) is 13.6. The standard InChI is InChI=1S/C15H12N2O3/c1-15(10-6-8-11(9-7-10)17(19)20)12-4-2-3-5-13(12)16-14(15)18/h2-9H,1H3,(H,16,18)/t15-/m1/s1. The zero-order chi connectivity index (χ0) is 14.3. The van der Waals surface area contributed by atoms with Gasteiger partial charge >= 0.3 is 0 Å². The van der Waals surface area contributed by atoms with Gasteiger partial charge in [0.1, 0.15) is 0 Å². The second-order valence-corrected chi connectivity index (χ2v) is 4.93. The molecule has 0 unspecified atom stereocenters. The molecule has 0 bridgehead atoms. The van der Waals surface area contributed by atoms with Crippen molar-refractivity contribution in [2.75, 3.05) is 5.32 Å². The minimum atomic E-state index is -0.814. The Hall–Kier alpha value is -2.69. The van der Waals surface area contributed by atoms with E-state index in [1.807, 2.05) is 31.2 Å². The molecular weight excluding hydrogens is 256 g/mol. The van der Waals surface area contributed by atoms with Crippen molar-refractivity contribution in [3.8, 4) is 0 Å². The lowest BCUT2D eigenvalue weighted by atomic mass is 9.77. The molecular formula is C15H12N2O3. The van der Waals surface area contributed by atoms with Gasteiger partial charge in [0.2, 0.25) is 5.91 Å². The van der Waals surface area contributed by atoms with E-state index in [0.717, 1.165) is 16.8 Å². The number of anilines is 1. The summed E-state index contributed by atoms with van der Waals surface area (Å²) >= 11 is 0. The molecule has 20 heavy (non-hydrogen) atoms. The van der Waals surface area contributed by atoms with E-state index >= 15 is 0 Å². The quantitative estimate of drug-likeness (QED) is 0.672. The summed E-state index contributed by atoms with van der Waals surface area (Å²) in [6, 6.07) is 13.6. The molecule has 1 aliphatic heterocycles. The van der Waals surface area contributed by atoms with Gasteiger partial charge in [-0.05, 0) is 24.1 Å². The van der Waals surface area contributed by atoms with Crippen LogP contribution in [0.15, 0.2) is 48.5 Å². The third-order valence-electron chi connectivity index (χ3n) is 3.82. The van der Waals surface area contributed by atoms with Crippen molar-refractivity contribution >= 4 is 17.3 Å². The number of carbonyl (C=O) groups excluding carboxylic acids is 1. The van der Waals surface area contributed by atoms with Crippen molar-refractivity contribution in [1.29, 1.82) is 0 Å². The van der Waals surface area contributed by atoms with Gasteiger partial charge in [-0.25, -0.2) is 0 Å². The highest BCUT2D eigenvalue weighted by molar-refractivity contribution is 6.08. The Morgan fingerprint density at radius 1 is 1.10 bits per heavy atom. The van der Waals surface area contributed by atoms with Crippen molar-refractivity contribution in [1.82, 2.24) is 0 Å². The van der Waals surface area contributed by atoms with Gasteiger partial charge in [-0.2, -0.15) is 0 Å². The Morgan fingerprint density at radius 3 is 2.40 bits per heavy atom. The second kappa shape index (κ2) is 4.16. The second-order valence-electron chi connectivity index (χ2n) is 4.93. The number of nitro groups is 1. The Labute approximate surface area is 115 Å². The number of carbonyl (C=O) groups is 1. The van der Waals surface area contributed by atoms with Crippen LogP contribution in [-0.4, -0.2) is 10.8 Å².